The molecular weight excluding hydrogens is 394 g/mol. The SMILES string of the molecule is CCCC.CCCCN1CCOCC1.COC(=O)c1ccnc2c(NC=O)cccc12. The average molecular weight is 432 g/mol. The highest BCUT2D eigenvalue weighted by molar-refractivity contribution is 6.07. The number of fused-ring (bicyclic) bond motifs is 1. The van der Waals surface area contributed by atoms with Crippen molar-refractivity contribution >= 4 is 29.0 Å². The van der Waals surface area contributed by atoms with Gasteiger partial charge in [0.15, 0.2) is 0 Å². The quantitative estimate of drug-likeness (QED) is 0.513. The first-order valence-electron chi connectivity index (χ1n) is 11.1. The Balaban J connectivity index is 0.000000290. The van der Waals surface area contributed by atoms with Crippen molar-refractivity contribution in [2.45, 2.75) is 46.5 Å². The van der Waals surface area contributed by atoms with Gasteiger partial charge in [0.1, 0.15) is 0 Å². The van der Waals surface area contributed by atoms with Gasteiger partial charge in [-0.15, -0.1) is 0 Å². The largest absolute Gasteiger partial charge is 0.465 e. The Kier molecular flexibility index (Phi) is 13.9. The molecule has 1 amide bonds. The Morgan fingerprint density at radius 2 is 1.87 bits per heavy atom. The number of benzene rings is 1. The van der Waals surface area contributed by atoms with Gasteiger partial charge in [-0.3, -0.25) is 14.7 Å². The minimum absolute atomic E-state index is 0.423. The van der Waals surface area contributed by atoms with Crippen LogP contribution in [0.1, 0.15) is 56.8 Å². The number of esters is 1. The maximum absolute atomic E-state index is 11.6. The van der Waals surface area contributed by atoms with E-state index >= 15 is 0 Å². The van der Waals surface area contributed by atoms with Crippen molar-refractivity contribution in [1.82, 2.24) is 9.88 Å². The molecule has 172 valence electrons. The number of unbranched alkanes of at least 4 members (excludes halogenated alkanes) is 2. The predicted octanol–water partition coefficient (Wildman–Crippen LogP) is 4.51. The fourth-order valence-corrected chi connectivity index (χ4v) is 2.85. The first-order chi connectivity index (χ1) is 15.1. The second-order valence-corrected chi connectivity index (χ2v) is 7.12. The summed E-state index contributed by atoms with van der Waals surface area (Å²) in [6.45, 7) is 12.0. The molecular formula is C24H37N3O4. The van der Waals surface area contributed by atoms with Crippen molar-refractivity contribution < 1.29 is 19.1 Å². The number of nitrogens with zero attached hydrogens (tertiary/aromatic N) is 2. The van der Waals surface area contributed by atoms with Crippen LogP contribution in [0.2, 0.25) is 0 Å². The highest BCUT2D eigenvalue weighted by Crippen LogP contribution is 2.24. The Morgan fingerprint density at radius 3 is 2.45 bits per heavy atom. The molecule has 0 radical (unpaired) electrons. The van der Waals surface area contributed by atoms with Crippen molar-refractivity contribution in [3.63, 3.8) is 0 Å². The van der Waals surface area contributed by atoms with Crippen molar-refractivity contribution in [3.8, 4) is 0 Å². The van der Waals surface area contributed by atoms with Gasteiger partial charge >= 0.3 is 5.97 Å². The van der Waals surface area contributed by atoms with Crippen LogP contribution in [0.3, 0.4) is 0 Å². The lowest BCUT2D eigenvalue weighted by molar-refractivity contribution is -0.105. The van der Waals surface area contributed by atoms with Crippen LogP contribution in [0, 0.1) is 0 Å². The van der Waals surface area contributed by atoms with Crippen molar-refractivity contribution in [2.24, 2.45) is 0 Å². The number of anilines is 1. The number of carbonyl (C=O) groups is 2. The predicted molar refractivity (Wildman–Crippen MR) is 126 cm³/mol. The van der Waals surface area contributed by atoms with Gasteiger partial charge in [-0.1, -0.05) is 52.2 Å². The molecule has 1 aromatic heterocycles. The molecule has 7 nitrogen and oxygen atoms in total. The topological polar surface area (TPSA) is 80.8 Å². The number of amides is 1. The van der Waals surface area contributed by atoms with E-state index in [4.69, 9.17) is 4.74 Å². The van der Waals surface area contributed by atoms with Crippen LogP contribution in [-0.4, -0.2) is 62.2 Å². The summed E-state index contributed by atoms with van der Waals surface area (Å²) in [5, 5.41) is 3.18. The molecule has 0 atom stereocenters. The maximum atomic E-state index is 11.6. The molecule has 0 bridgehead atoms. The van der Waals surface area contributed by atoms with Crippen LogP contribution < -0.4 is 5.32 Å². The lowest BCUT2D eigenvalue weighted by Crippen LogP contribution is -2.36. The maximum Gasteiger partial charge on any atom is 0.338 e. The number of hydrogen-bond donors (Lipinski definition) is 1. The summed E-state index contributed by atoms with van der Waals surface area (Å²) < 4.78 is 9.93. The van der Waals surface area contributed by atoms with Crippen LogP contribution in [0.25, 0.3) is 10.9 Å². The molecule has 0 aliphatic carbocycles. The fraction of sp³-hybridized carbons (Fsp3) is 0.542. The fourth-order valence-electron chi connectivity index (χ4n) is 2.85. The number of nitrogens with one attached hydrogen (secondary N) is 1. The smallest absolute Gasteiger partial charge is 0.338 e. The number of hydrogen-bond acceptors (Lipinski definition) is 6. The number of aromatic nitrogens is 1. The van der Waals surface area contributed by atoms with Gasteiger partial charge in [0.05, 0.1) is 37.1 Å². The van der Waals surface area contributed by atoms with Crippen LogP contribution in [0.5, 0.6) is 0 Å². The number of para-hydroxylation sites is 1. The number of morpholine rings is 1. The van der Waals surface area contributed by atoms with E-state index in [0.717, 1.165) is 26.3 Å². The number of rotatable bonds is 7. The van der Waals surface area contributed by atoms with E-state index in [-0.39, 0.29) is 0 Å². The number of ether oxygens (including phenoxy) is 2. The zero-order valence-corrected chi connectivity index (χ0v) is 19.4. The van der Waals surface area contributed by atoms with E-state index in [0.29, 0.717) is 28.6 Å². The second kappa shape index (κ2) is 16.2. The molecule has 1 saturated heterocycles. The first-order valence-corrected chi connectivity index (χ1v) is 11.1. The molecule has 2 aromatic rings. The third-order valence-electron chi connectivity index (χ3n) is 4.82. The summed E-state index contributed by atoms with van der Waals surface area (Å²) in [6, 6.07) is 6.79. The molecule has 31 heavy (non-hydrogen) atoms. The molecule has 0 saturated carbocycles. The van der Waals surface area contributed by atoms with Crippen molar-refractivity contribution in [1.29, 1.82) is 0 Å². The van der Waals surface area contributed by atoms with Crippen molar-refractivity contribution in [2.75, 3.05) is 45.3 Å². The molecule has 2 heterocycles. The molecule has 7 heteroatoms. The Morgan fingerprint density at radius 1 is 1.16 bits per heavy atom. The minimum Gasteiger partial charge on any atom is -0.465 e. The van der Waals surface area contributed by atoms with E-state index in [1.54, 1.807) is 24.3 Å². The van der Waals surface area contributed by atoms with Crippen LogP contribution in [0.15, 0.2) is 30.5 Å². The van der Waals surface area contributed by atoms with E-state index in [2.05, 4.69) is 40.7 Å². The van der Waals surface area contributed by atoms with Gasteiger partial charge in [0.2, 0.25) is 6.41 Å². The summed E-state index contributed by atoms with van der Waals surface area (Å²) in [6.07, 6.45) is 7.35. The van der Waals surface area contributed by atoms with Gasteiger partial charge in [0.25, 0.3) is 0 Å². The van der Waals surface area contributed by atoms with Gasteiger partial charge in [-0.05, 0) is 25.1 Å². The number of methoxy groups -OCH3 is 1. The van der Waals surface area contributed by atoms with Crippen LogP contribution >= 0.6 is 0 Å². The monoisotopic (exact) mass is 431 g/mol. The zero-order chi connectivity index (χ0) is 22.9. The molecule has 1 aliphatic heterocycles. The minimum atomic E-state index is -0.430. The van der Waals surface area contributed by atoms with E-state index in [1.807, 2.05) is 0 Å². The number of carbonyl (C=O) groups excluding carboxylic acids is 2. The Hall–Kier alpha value is -2.51. The summed E-state index contributed by atoms with van der Waals surface area (Å²) in [5.41, 5.74) is 1.54. The zero-order valence-electron chi connectivity index (χ0n) is 19.4. The second-order valence-electron chi connectivity index (χ2n) is 7.12. The summed E-state index contributed by atoms with van der Waals surface area (Å²) in [4.78, 5) is 28.6. The van der Waals surface area contributed by atoms with Crippen molar-refractivity contribution in [3.05, 3.63) is 36.0 Å². The summed E-state index contributed by atoms with van der Waals surface area (Å²) in [7, 11) is 1.32. The molecule has 1 aliphatic rings. The Labute approximate surface area is 186 Å². The molecule has 0 unspecified atom stereocenters. The van der Waals surface area contributed by atoms with E-state index in [9.17, 15) is 9.59 Å². The summed E-state index contributed by atoms with van der Waals surface area (Å²) >= 11 is 0. The Bertz CT molecular complexity index is 775. The molecule has 0 spiro atoms. The average Bonchev–Trinajstić information content (AvgIpc) is 2.83. The number of pyridine rings is 1. The van der Waals surface area contributed by atoms with Gasteiger partial charge < -0.3 is 14.8 Å². The lowest BCUT2D eigenvalue weighted by atomic mass is 10.1. The van der Waals surface area contributed by atoms with Crippen LogP contribution in [0.4, 0.5) is 5.69 Å². The summed E-state index contributed by atoms with van der Waals surface area (Å²) in [5.74, 6) is -0.430. The normalized spacial score (nSPS) is 13.3. The third-order valence-corrected chi connectivity index (χ3v) is 4.82. The van der Waals surface area contributed by atoms with E-state index in [1.165, 1.54) is 45.5 Å². The molecule has 1 aromatic carbocycles. The van der Waals surface area contributed by atoms with Crippen LogP contribution in [-0.2, 0) is 14.3 Å². The lowest BCUT2D eigenvalue weighted by Gasteiger charge is -2.26. The molecule has 1 N–H and O–H groups in total. The van der Waals surface area contributed by atoms with Gasteiger partial charge in [0, 0.05) is 24.7 Å². The van der Waals surface area contributed by atoms with E-state index < -0.39 is 5.97 Å². The highest BCUT2D eigenvalue weighted by Gasteiger charge is 2.12. The van der Waals surface area contributed by atoms with Gasteiger partial charge in [-0.2, -0.15) is 0 Å². The third kappa shape index (κ3) is 9.44. The molecule has 1 fully saturated rings. The first kappa shape index (κ1) is 26.5. The highest BCUT2D eigenvalue weighted by atomic mass is 16.5. The van der Waals surface area contributed by atoms with Gasteiger partial charge in [-0.25, -0.2) is 4.79 Å². The standard InChI is InChI=1S/C12H10N2O3.C8H17NO.C4H10/c1-17-12(16)9-5-6-13-11-8(9)3-2-4-10(11)14-7-15;1-2-3-4-9-5-7-10-8-6-9;1-3-4-2/h2-7H,1H3,(H,14,15);2-8H2,1H3;3-4H2,1-2H3. The molecule has 3 rings (SSSR count).